The molecule has 0 saturated heterocycles. The van der Waals surface area contributed by atoms with Gasteiger partial charge >= 0.3 is 12.1 Å². The number of ether oxygens (including phenoxy) is 2. The Balaban J connectivity index is 1.90. The molecule has 0 aliphatic carbocycles. The summed E-state index contributed by atoms with van der Waals surface area (Å²) in [5, 5.41) is 1.85. The van der Waals surface area contributed by atoms with Crippen LogP contribution in [-0.4, -0.2) is 23.5 Å². The molecule has 1 amide bonds. The third-order valence-electron chi connectivity index (χ3n) is 4.38. The van der Waals surface area contributed by atoms with Crippen molar-refractivity contribution in [3.05, 3.63) is 88.6 Å². The molecule has 6 nitrogen and oxygen atoms in total. The van der Waals surface area contributed by atoms with Gasteiger partial charge in [0.25, 0.3) is 5.91 Å². The molecule has 0 unspecified atom stereocenters. The fraction of sp³-hybridized carbons (Fsp3) is 0.174. The maximum absolute atomic E-state index is 13.2. The van der Waals surface area contributed by atoms with Crippen molar-refractivity contribution in [2.24, 2.45) is 0 Å². The van der Waals surface area contributed by atoms with Crippen LogP contribution in [0.1, 0.15) is 34.5 Å². The van der Waals surface area contributed by atoms with Crippen LogP contribution in [-0.2, 0) is 15.7 Å². The first-order chi connectivity index (χ1) is 15.7. The summed E-state index contributed by atoms with van der Waals surface area (Å²) in [6, 6.07) is 13.9. The van der Waals surface area contributed by atoms with Crippen LogP contribution in [0.3, 0.4) is 0 Å². The molecule has 33 heavy (non-hydrogen) atoms. The van der Waals surface area contributed by atoms with E-state index >= 15 is 0 Å². The molecule has 0 bridgehead atoms. The first kappa shape index (κ1) is 24.1. The molecule has 3 aromatic rings. The van der Waals surface area contributed by atoms with E-state index in [1.807, 2.05) is 0 Å². The molecule has 0 aliphatic rings. The van der Waals surface area contributed by atoms with Crippen LogP contribution in [0.25, 0.3) is 0 Å². The summed E-state index contributed by atoms with van der Waals surface area (Å²) in [5.41, 5.74) is -0.953. The van der Waals surface area contributed by atoms with Gasteiger partial charge in [0.15, 0.2) is 0 Å². The minimum absolute atomic E-state index is 0.000989. The van der Waals surface area contributed by atoms with Crippen LogP contribution in [0.4, 0.5) is 18.9 Å². The van der Waals surface area contributed by atoms with E-state index < -0.39 is 34.7 Å². The molecular formula is C23H18ClF3N2O4. The second-order valence-corrected chi connectivity index (χ2v) is 7.07. The Morgan fingerprint density at radius 3 is 2.48 bits per heavy atom. The lowest BCUT2D eigenvalue weighted by atomic mass is 10.1. The average molecular weight is 479 g/mol. The van der Waals surface area contributed by atoms with Crippen molar-refractivity contribution in [3.8, 4) is 5.88 Å². The highest BCUT2D eigenvalue weighted by Crippen LogP contribution is 2.36. The van der Waals surface area contributed by atoms with E-state index in [-0.39, 0.29) is 23.7 Å². The lowest BCUT2D eigenvalue weighted by Crippen LogP contribution is -2.26. The number of halogens is 4. The topological polar surface area (TPSA) is 77.5 Å². The van der Waals surface area contributed by atoms with Crippen molar-refractivity contribution < 1.29 is 32.2 Å². The fourth-order valence-electron chi connectivity index (χ4n) is 2.90. The van der Waals surface area contributed by atoms with Gasteiger partial charge in [-0.2, -0.15) is 13.2 Å². The highest BCUT2D eigenvalue weighted by atomic mass is 35.5. The van der Waals surface area contributed by atoms with Crippen LogP contribution in [0.15, 0.2) is 66.9 Å². The van der Waals surface area contributed by atoms with Crippen LogP contribution in [0, 0.1) is 0 Å². The quantitative estimate of drug-likeness (QED) is 0.441. The Labute approximate surface area is 192 Å². The molecule has 1 N–H and O–H groups in total. The maximum Gasteiger partial charge on any atom is 0.417 e. The van der Waals surface area contributed by atoms with E-state index in [0.717, 1.165) is 6.07 Å². The van der Waals surface area contributed by atoms with Crippen LogP contribution in [0.2, 0.25) is 5.02 Å². The smallest absolute Gasteiger partial charge is 0.417 e. The number of pyridine rings is 1. The average Bonchev–Trinajstić information content (AvgIpc) is 2.79. The van der Waals surface area contributed by atoms with Gasteiger partial charge < -0.3 is 14.8 Å². The predicted molar refractivity (Wildman–Crippen MR) is 115 cm³/mol. The lowest BCUT2D eigenvalue weighted by Gasteiger charge is -2.19. The van der Waals surface area contributed by atoms with Gasteiger partial charge in [0.1, 0.15) is 5.56 Å². The molecule has 2 aromatic carbocycles. The lowest BCUT2D eigenvalue weighted by molar-refractivity contribution is -0.137. The van der Waals surface area contributed by atoms with Gasteiger partial charge in [-0.25, -0.2) is 9.78 Å². The fourth-order valence-corrected chi connectivity index (χ4v) is 3.12. The first-order valence-corrected chi connectivity index (χ1v) is 10.1. The summed E-state index contributed by atoms with van der Waals surface area (Å²) < 4.78 is 50.3. The highest BCUT2D eigenvalue weighted by Gasteiger charge is 2.34. The second kappa shape index (κ2) is 10.4. The van der Waals surface area contributed by atoms with E-state index in [4.69, 9.17) is 21.1 Å². The van der Waals surface area contributed by atoms with Gasteiger partial charge in [-0.1, -0.05) is 41.9 Å². The number of hydrogen-bond acceptors (Lipinski definition) is 5. The molecular weight excluding hydrogens is 461 g/mol. The third-order valence-corrected chi connectivity index (χ3v) is 4.71. The number of nitrogens with zero attached hydrogens (tertiary/aromatic N) is 1. The van der Waals surface area contributed by atoms with Crippen molar-refractivity contribution >= 4 is 29.2 Å². The minimum Gasteiger partial charge on any atom is -0.477 e. The van der Waals surface area contributed by atoms with Crippen molar-refractivity contribution in [1.29, 1.82) is 0 Å². The van der Waals surface area contributed by atoms with Gasteiger partial charge in [-0.15, -0.1) is 0 Å². The summed E-state index contributed by atoms with van der Waals surface area (Å²) in [5.74, 6) is -1.71. The standard InChI is InChI=1S/C23H18ClF3N2O4/c1-2-32-21-16(9-6-12-28-21)22(31)33-19(14-7-4-3-5-8-14)20(30)29-15-10-11-18(24)17(13-15)23(25,26)27/h3-13,19H,2H2,1H3,(H,29,30)/t19-/m1/s1. The number of nitrogens with one attached hydrogen (secondary N) is 1. The number of carbonyl (C=O) groups excluding carboxylic acids is 2. The zero-order chi connectivity index (χ0) is 24.0. The first-order valence-electron chi connectivity index (χ1n) is 9.72. The highest BCUT2D eigenvalue weighted by molar-refractivity contribution is 6.31. The maximum atomic E-state index is 13.2. The van der Waals surface area contributed by atoms with Gasteiger partial charge in [0, 0.05) is 17.4 Å². The Morgan fingerprint density at radius 2 is 1.82 bits per heavy atom. The third kappa shape index (κ3) is 6.01. The molecule has 0 aliphatic heterocycles. The van der Waals surface area contributed by atoms with Crippen molar-refractivity contribution in [2.45, 2.75) is 19.2 Å². The Kier molecular flexibility index (Phi) is 7.55. The van der Waals surface area contributed by atoms with Crippen LogP contribution < -0.4 is 10.1 Å². The summed E-state index contributed by atoms with van der Waals surface area (Å²) in [7, 11) is 0. The largest absolute Gasteiger partial charge is 0.477 e. The number of rotatable bonds is 7. The van der Waals surface area contributed by atoms with E-state index in [0.29, 0.717) is 11.6 Å². The normalized spacial score (nSPS) is 12.0. The van der Waals surface area contributed by atoms with Gasteiger partial charge in [-0.3, -0.25) is 4.79 Å². The van der Waals surface area contributed by atoms with Crippen LogP contribution in [0.5, 0.6) is 5.88 Å². The molecule has 0 spiro atoms. The molecule has 0 saturated carbocycles. The molecule has 1 aromatic heterocycles. The van der Waals surface area contributed by atoms with Crippen molar-refractivity contribution in [1.82, 2.24) is 4.98 Å². The molecule has 0 radical (unpaired) electrons. The second-order valence-electron chi connectivity index (χ2n) is 6.67. The number of hydrogen-bond donors (Lipinski definition) is 1. The number of amides is 1. The molecule has 10 heteroatoms. The number of carbonyl (C=O) groups is 2. The van der Waals surface area contributed by atoms with E-state index in [2.05, 4.69) is 10.3 Å². The zero-order valence-corrected chi connectivity index (χ0v) is 18.0. The van der Waals surface area contributed by atoms with Crippen molar-refractivity contribution in [2.75, 3.05) is 11.9 Å². The minimum atomic E-state index is -4.71. The monoisotopic (exact) mass is 478 g/mol. The van der Waals surface area contributed by atoms with Crippen molar-refractivity contribution in [3.63, 3.8) is 0 Å². The van der Waals surface area contributed by atoms with Gasteiger partial charge in [0.2, 0.25) is 12.0 Å². The summed E-state index contributed by atoms with van der Waals surface area (Å²) in [4.78, 5) is 29.8. The SMILES string of the molecule is CCOc1ncccc1C(=O)O[C@@H](C(=O)Nc1ccc(Cl)c(C(F)(F)F)c1)c1ccccc1. The van der Waals surface area contributed by atoms with Crippen LogP contribution >= 0.6 is 11.6 Å². The molecule has 1 atom stereocenters. The Bertz CT molecular complexity index is 1140. The van der Waals surface area contributed by atoms with Gasteiger partial charge in [0.05, 0.1) is 17.2 Å². The Morgan fingerprint density at radius 1 is 1.09 bits per heavy atom. The molecule has 3 rings (SSSR count). The summed E-state index contributed by atoms with van der Waals surface area (Å²) in [6.45, 7) is 1.96. The Hall–Kier alpha value is -3.59. The summed E-state index contributed by atoms with van der Waals surface area (Å²) in [6.07, 6.45) is -4.74. The molecule has 172 valence electrons. The predicted octanol–water partition coefficient (Wildman–Crippen LogP) is 5.69. The van der Waals surface area contributed by atoms with E-state index in [1.165, 1.54) is 24.4 Å². The number of benzene rings is 2. The molecule has 1 heterocycles. The van der Waals surface area contributed by atoms with E-state index in [9.17, 15) is 22.8 Å². The van der Waals surface area contributed by atoms with E-state index in [1.54, 1.807) is 37.3 Å². The number of anilines is 1. The number of aromatic nitrogens is 1. The van der Waals surface area contributed by atoms with Gasteiger partial charge in [-0.05, 0) is 37.3 Å². The number of alkyl halides is 3. The molecule has 0 fully saturated rings. The summed E-state index contributed by atoms with van der Waals surface area (Å²) >= 11 is 5.63. The zero-order valence-electron chi connectivity index (χ0n) is 17.2. The number of esters is 1.